The monoisotopic (exact) mass is 357 g/mol. The zero-order valence-corrected chi connectivity index (χ0v) is 12.2. The minimum Gasteiger partial charge on any atom is -0.478 e. The first-order valence-electron chi connectivity index (χ1n) is 5.22. The Labute approximate surface area is 122 Å². The third kappa shape index (κ3) is 3.11. The number of nitrogens with one attached hydrogen (secondary N) is 1. The fraction of sp³-hybridized carbons (Fsp3) is 0. The highest BCUT2D eigenvalue weighted by Gasteiger charge is 2.19. The summed E-state index contributed by atoms with van der Waals surface area (Å²) >= 11 is 3.05. The molecule has 0 unspecified atom stereocenters. The Hall–Kier alpha value is -2.00. The van der Waals surface area contributed by atoms with Gasteiger partial charge in [-0.1, -0.05) is 0 Å². The number of anilines is 1. The van der Waals surface area contributed by atoms with Gasteiger partial charge in [-0.25, -0.2) is 18.2 Å². The molecule has 0 spiro atoms. The molecule has 104 valence electrons. The van der Waals surface area contributed by atoms with Crippen LogP contribution in [0.15, 0.2) is 46.2 Å². The summed E-state index contributed by atoms with van der Waals surface area (Å²) in [4.78, 5) is 18.3. The number of nitrogens with zero attached hydrogens (tertiary/aromatic N) is 2. The van der Waals surface area contributed by atoms with Gasteiger partial charge >= 0.3 is 5.97 Å². The minimum atomic E-state index is -3.88. The molecule has 20 heavy (non-hydrogen) atoms. The van der Waals surface area contributed by atoms with Crippen LogP contribution in [0.3, 0.4) is 0 Å². The summed E-state index contributed by atoms with van der Waals surface area (Å²) in [6.07, 6.45) is 4.02. The number of aromatic nitrogens is 2. The van der Waals surface area contributed by atoms with Gasteiger partial charge < -0.3 is 5.11 Å². The third-order valence-electron chi connectivity index (χ3n) is 2.27. The lowest BCUT2D eigenvalue weighted by Gasteiger charge is -2.09. The van der Waals surface area contributed by atoms with Crippen molar-refractivity contribution in [2.45, 2.75) is 4.90 Å². The maximum atomic E-state index is 12.1. The van der Waals surface area contributed by atoms with E-state index in [4.69, 9.17) is 5.11 Å². The van der Waals surface area contributed by atoms with Crippen molar-refractivity contribution >= 4 is 37.7 Å². The second kappa shape index (κ2) is 5.55. The van der Waals surface area contributed by atoms with Crippen LogP contribution in [0, 0.1) is 0 Å². The lowest BCUT2D eigenvalue weighted by molar-refractivity contribution is 0.0696. The summed E-state index contributed by atoms with van der Waals surface area (Å²) in [5, 5.41) is 8.83. The van der Waals surface area contributed by atoms with E-state index in [1.165, 1.54) is 36.8 Å². The van der Waals surface area contributed by atoms with Gasteiger partial charge in [0, 0.05) is 16.9 Å². The highest BCUT2D eigenvalue weighted by atomic mass is 79.9. The molecule has 7 nitrogen and oxygen atoms in total. The Morgan fingerprint density at radius 2 is 2.05 bits per heavy atom. The van der Waals surface area contributed by atoms with Crippen LogP contribution in [0.1, 0.15) is 10.4 Å². The first-order chi connectivity index (χ1) is 9.40. The molecule has 2 aromatic rings. The first-order valence-corrected chi connectivity index (χ1v) is 7.49. The van der Waals surface area contributed by atoms with Crippen molar-refractivity contribution in [3.63, 3.8) is 0 Å². The van der Waals surface area contributed by atoms with Gasteiger partial charge in [0.05, 0.1) is 11.8 Å². The predicted molar refractivity (Wildman–Crippen MR) is 73.9 cm³/mol. The van der Waals surface area contributed by atoms with Crippen LogP contribution in [0.25, 0.3) is 0 Å². The first kappa shape index (κ1) is 14.4. The van der Waals surface area contributed by atoms with E-state index in [-0.39, 0.29) is 20.7 Å². The van der Waals surface area contributed by atoms with Crippen molar-refractivity contribution in [3.05, 3.63) is 46.8 Å². The van der Waals surface area contributed by atoms with Gasteiger partial charge in [0.15, 0.2) is 5.82 Å². The Morgan fingerprint density at radius 3 is 2.60 bits per heavy atom. The van der Waals surface area contributed by atoms with E-state index < -0.39 is 16.0 Å². The van der Waals surface area contributed by atoms with Crippen LogP contribution < -0.4 is 4.72 Å². The lowest BCUT2D eigenvalue weighted by Crippen LogP contribution is -2.15. The Balaban J connectivity index is 2.37. The normalized spacial score (nSPS) is 11.1. The SMILES string of the molecule is O=C(O)c1ccc(S(=O)(=O)Nc2cnccn2)c(Br)c1. The summed E-state index contributed by atoms with van der Waals surface area (Å²) < 4.78 is 26.7. The van der Waals surface area contributed by atoms with Crippen LogP contribution >= 0.6 is 15.9 Å². The van der Waals surface area contributed by atoms with E-state index in [2.05, 4.69) is 30.6 Å². The molecule has 1 heterocycles. The number of aromatic carboxylic acids is 1. The van der Waals surface area contributed by atoms with Gasteiger partial charge in [-0.2, -0.15) is 0 Å². The highest BCUT2D eigenvalue weighted by molar-refractivity contribution is 9.10. The van der Waals surface area contributed by atoms with Crippen LogP contribution in [0.4, 0.5) is 5.82 Å². The van der Waals surface area contributed by atoms with Gasteiger partial charge in [0.2, 0.25) is 0 Å². The number of halogens is 1. The molecular weight excluding hydrogens is 350 g/mol. The molecule has 1 aromatic heterocycles. The number of carboxylic acid groups (broad SMARTS) is 1. The highest BCUT2D eigenvalue weighted by Crippen LogP contribution is 2.24. The topological polar surface area (TPSA) is 109 Å². The van der Waals surface area contributed by atoms with E-state index in [0.29, 0.717) is 0 Å². The Morgan fingerprint density at radius 1 is 1.30 bits per heavy atom. The van der Waals surface area contributed by atoms with E-state index in [1.807, 2.05) is 0 Å². The van der Waals surface area contributed by atoms with Gasteiger partial charge in [-0.05, 0) is 34.1 Å². The van der Waals surface area contributed by atoms with Crippen molar-refractivity contribution in [2.75, 3.05) is 4.72 Å². The van der Waals surface area contributed by atoms with Gasteiger partial charge in [-0.3, -0.25) is 9.71 Å². The van der Waals surface area contributed by atoms with Gasteiger partial charge in [0.1, 0.15) is 4.90 Å². The molecule has 0 amide bonds. The molecule has 2 N–H and O–H groups in total. The molecule has 0 fully saturated rings. The van der Waals surface area contributed by atoms with Crippen molar-refractivity contribution in [2.24, 2.45) is 0 Å². The summed E-state index contributed by atoms with van der Waals surface area (Å²) in [5.74, 6) is -1.07. The van der Waals surface area contributed by atoms with Crippen LogP contribution in [-0.4, -0.2) is 29.5 Å². The number of sulfonamides is 1. The van der Waals surface area contributed by atoms with E-state index in [1.54, 1.807) is 0 Å². The number of benzene rings is 1. The lowest BCUT2D eigenvalue weighted by atomic mass is 10.2. The number of carboxylic acids is 1. The maximum Gasteiger partial charge on any atom is 0.335 e. The molecule has 2 rings (SSSR count). The predicted octanol–water partition coefficient (Wildman–Crippen LogP) is 1.74. The average Bonchev–Trinajstić information content (AvgIpc) is 2.38. The smallest absolute Gasteiger partial charge is 0.335 e. The molecule has 0 aliphatic carbocycles. The molecule has 0 saturated carbocycles. The number of rotatable bonds is 4. The number of hydrogen-bond acceptors (Lipinski definition) is 5. The molecule has 0 bridgehead atoms. The van der Waals surface area contributed by atoms with Crippen molar-refractivity contribution in [1.82, 2.24) is 9.97 Å². The fourth-order valence-corrected chi connectivity index (χ4v) is 3.47. The minimum absolute atomic E-state index is 0.0182. The summed E-state index contributed by atoms with van der Waals surface area (Å²) in [6.45, 7) is 0. The molecule has 1 aromatic carbocycles. The summed E-state index contributed by atoms with van der Waals surface area (Å²) in [7, 11) is -3.88. The molecule has 0 radical (unpaired) electrons. The molecular formula is C11H8BrN3O4S. The number of hydrogen-bond donors (Lipinski definition) is 2. The third-order valence-corrected chi connectivity index (χ3v) is 4.60. The van der Waals surface area contributed by atoms with Crippen molar-refractivity contribution < 1.29 is 18.3 Å². The van der Waals surface area contributed by atoms with E-state index in [9.17, 15) is 13.2 Å². The van der Waals surface area contributed by atoms with E-state index in [0.717, 1.165) is 0 Å². The molecule has 0 saturated heterocycles. The fourth-order valence-electron chi connectivity index (χ4n) is 1.40. The van der Waals surface area contributed by atoms with Gasteiger partial charge in [0.25, 0.3) is 10.0 Å². The summed E-state index contributed by atoms with van der Waals surface area (Å²) in [6, 6.07) is 3.62. The number of carbonyl (C=O) groups is 1. The average molecular weight is 358 g/mol. The molecule has 0 atom stereocenters. The van der Waals surface area contributed by atoms with Crippen LogP contribution in [0.5, 0.6) is 0 Å². The summed E-state index contributed by atoms with van der Waals surface area (Å²) in [5.41, 5.74) is -0.0182. The van der Waals surface area contributed by atoms with E-state index >= 15 is 0 Å². The zero-order valence-electron chi connectivity index (χ0n) is 9.82. The zero-order chi connectivity index (χ0) is 14.8. The molecule has 9 heteroatoms. The van der Waals surface area contributed by atoms with Gasteiger partial charge in [-0.15, -0.1) is 0 Å². The van der Waals surface area contributed by atoms with Crippen molar-refractivity contribution in [1.29, 1.82) is 0 Å². The van der Waals surface area contributed by atoms with Crippen LogP contribution in [-0.2, 0) is 10.0 Å². The molecule has 0 aliphatic heterocycles. The second-order valence-corrected chi connectivity index (χ2v) is 6.15. The van der Waals surface area contributed by atoms with Crippen molar-refractivity contribution in [3.8, 4) is 0 Å². The maximum absolute atomic E-state index is 12.1. The standard InChI is InChI=1S/C11H8BrN3O4S/c12-8-5-7(11(16)17)1-2-9(8)20(18,19)15-10-6-13-3-4-14-10/h1-6H,(H,14,15)(H,16,17). The molecule has 0 aliphatic rings. The quantitative estimate of drug-likeness (QED) is 0.862. The second-order valence-electron chi connectivity index (χ2n) is 3.65. The van der Waals surface area contributed by atoms with Crippen LogP contribution in [0.2, 0.25) is 0 Å². The Kier molecular flexibility index (Phi) is 4.00. The Bertz CT molecular complexity index is 750. The largest absolute Gasteiger partial charge is 0.478 e.